The first-order valence-corrected chi connectivity index (χ1v) is 30.5. The number of ketones is 2. The Hall–Kier alpha value is -4.50. The summed E-state index contributed by atoms with van der Waals surface area (Å²) in [5.74, 6) is 0.866. The number of carbonyl (C=O) groups excluding carboxylic acids is 2. The summed E-state index contributed by atoms with van der Waals surface area (Å²) in [7, 11) is -7.20. The summed E-state index contributed by atoms with van der Waals surface area (Å²) in [5, 5.41) is 0. The fraction of sp³-hybridized carbons (Fsp3) is 0.464. The monoisotopic (exact) mass is 1030 g/mol. The number of benzene rings is 4. The number of nitrogens with zero attached hydrogens (tertiary/aromatic N) is 2. The smallest absolute Gasteiger partial charge is 0.181 e. The SMILES string of the molecule is CCCCC1(CCCC)CN(c2ccccc2)c2cc(SC)c(O/C=C/C(C)=O)cc2S(=O)(=O)C1.CCCCC1(CCCC)CN(c2ccccc2)c2cc(SC)c(O/C=C\C(C)=O)cc2S(=O)(=O)C1. The summed E-state index contributed by atoms with van der Waals surface area (Å²) in [4.78, 5) is 29.3. The fourth-order valence-electron chi connectivity index (χ4n) is 9.52. The van der Waals surface area contributed by atoms with Gasteiger partial charge in [0.05, 0.1) is 55.0 Å². The molecule has 0 unspecified atom stereocenters. The van der Waals surface area contributed by atoms with Gasteiger partial charge in [0.25, 0.3) is 0 Å². The number of hydrogen-bond donors (Lipinski definition) is 0. The molecule has 0 amide bonds. The van der Waals surface area contributed by atoms with Crippen molar-refractivity contribution in [3.8, 4) is 11.5 Å². The van der Waals surface area contributed by atoms with Gasteiger partial charge in [0.1, 0.15) is 11.5 Å². The number of carbonyl (C=O) groups is 2. The Morgan fingerprint density at radius 1 is 0.557 bits per heavy atom. The number of ether oxygens (including phenoxy) is 2. The highest BCUT2D eigenvalue weighted by molar-refractivity contribution is 7.99. The van der Waals surface area contributed by atoms with Gasteiger partial charge in [0.2, 0.25) is 0 Å². The molecule has 2 heterocycles. The Bertz CT molecular complexity index is 2450. The van der Waals surface area contributed by atoms with Crippen molar-refractivity contribution in [3.05, 3.63) is 110 Å². The summed E-state index contributed by atoms with van der Waals surface area (Å²) >= 11 is 2.99. The highest BCUT2D eigenvalue weighted by atomic mass is 32.2. The minimum absolute atomic E-state index is 0.123. The molecular formula is C56H74N2O8S4. The summed E-state index contributed by atoms with van der Waals surface area (Å²) in [6.07, 6.45) is 20.8. The van der Waals surface area contributed by atoms with Crippen molar-refractivity contribution in [3.63, 3.8) is 0 Å². The zero-order valence-corrected chi connectivity index (χ0v) is 45.8. The second-order valence-electron chi connectivity index (χ2n) is 18.8. The Kier molecular flexibility index (Phi) is 21.2. The third-order valence-electron chi connectivity index (χ3n) is 13.1. The first-order chi connectivity index (χ1) is 33.5. The van der Waals surface area contributed by atoms with Crippen molar-refractivity contribution in [2.24, 2.45) is 10.8 Å². The van der Waals surface area contributed by atoms with E-state index in [9.17, 15) is 26.4 Å². The van der Waals surface area contributed by atoms with Crippen molar-refractivity contribution >= 4 is 77.5 Å². The van der Waals surface area contributed by atoms with Crippen molar-refractivity contribution < 1.29 is 35.9 Å². The summed E-state index contributed by atoms with van der Waals surface area (Å²) in [6.45, 7) is 12.8. The van der Waals surface area contributed by atoms with E-state index in [1.807, 2.05) is 85.3 Å². The lowest BCUT2D eigenvalue weighted by atomic mass is 9.79. The quantitative estimate of drug-likeness (QED) is 0.0422. The van der Waals surface area contributed by atoms with Gasteiger partial charge in [-0.1, -0.05) is 115 Å². The number of sulfone groups is 2. The maximum atomic E-state index is 14.0. The highest BCUT2D eigenvalue weighted by Gasteiger charge is 2.44. The number of allylic oxidation sites excluding steroid dienone is 2. The second kappa shape index (κ2) is 26.3. The first kappa shape index (κ1) is 56.4. The zero-order chi connectivity index (χ0) is 51.0. The Labute approximate surface area is 427 Å². The lowest BCUT2D eigenvalue weighted by Crippen LogP contribution is -2.38. The molecule has 2 aliphatic heterocycles. The summed E-state index contributed by atoms with van der Waals surface area (Å²) < 4.78 is 67.5. The molecule has 0 aromatic heterocycles. The van der Waals surface area contributed by atoms with Crippen LogP contribution in [-0.4, -0.2) is 65.5 Å². The third-order valence-corrected chi connectivity index (χ3v) is 18.6. The number of thioether (sulfide) groups is 2. The van der Waals surface area contributed by atoms with Crippen LogP contribution < -0.4 is 19.3 Å². The van der Waals surface area contributed by atoms with E-state index in [4.69, 9.17) is 9.47 Å². The van der Waals surface area contributed by atoms with E-state index in [1.54, 1.807) is 12.1 Å². The van der Waals surface area contributed by atoms with Crippen LogP contribution in [0.25, 0.3) is 0 Å². The van der Waals surface area contributed by atoms with Crippen LogP contribution in [0.5, 0.6) is 11.5 Å². The molecule has 4 aromatic rings. The van der Waals surface area contributed by atoms with E-state index in [2.05, 4.69) is 37.5 Å². The van der Waals surface area contributed by atoms with Gasteiger partial charge in [-0.3, -0.25) is 9.59 Å². The normalized spacial score (nSPS) is 16.6. The molecule has 0 N–H and O–H groups in total. The van der Waals surface area contributed by atoms with E-state index in [1.165, 1.54) is 62.0 Å². The lowest BCUT2D eigenvalue weighted by Gasteiger charge is -2.37. The lowest BCUT2D eigenvalue weighted by molar-refractivity contribution is -0.113. The van der Waals surface area contributed by atoms with E-state index in [0.717, 1.165) is 98.2 Å². The van der Waals surface area contributed by atoms with Crippen LogP contribution in [0.1, 0.15) is 119 Å². The molecule has 70 heavy (non-hydrogen) atoms. The predicted molar refractivity (Wildman–Crippen MR) is 291 cm³/mol. The minimum atomic E-state index is -3.60. The van der Waals surface area contributed by atoms with Crippen LogP contribution in [0.15, 0.2) is 129 Å². The molecular weight excluding hydrogens is 957 g/mol. The molecule has 6 rings (SSSR count). The number of hydrogen-bond acceptors (Lipinski definition) is 12. The van der Waals surface area contributed by atoms with Gasteiger partial charge >= 0.3 is 0 Å². The second-order valence-corrected chi connectivity index (χ2v) is 24.4. The topological polar surface area (TPSA) is 127 Å². The number of unbranched alkanes of at least 4 members (excludes halogenated alkanes) is 4. The van der Waals surface area contributed by atoms with Crippen molar-refractivity contribution in [2.45, 2.75) is 138 Å². The van der Waals surface area contributed by atoms with E-state index < -0.39 is 19.7 Å². The third kappa shape index (κ3) is 14.8. The molecule has 0 atom stereocenters. The molecule has 14 heteroatoms. The molecule has 0 fully saturated rings. The molecule has 0 bridgehead atoms. The van der Waals surface area contributed by atoms with Crippen molar-refractivity contribution in [2.75, 3.05) is 46.9 Å². The average molecular weight is 1030 g/mol. The van der Waals surface area contributed by atoms with Crippen LogP contribution in [0.2, 0.25) is 0 Å². The van der Waals surface area contributed by atoms with Gasteiger partial charge in [-0.2, -0.15) is 0 Å². The van der Waals surface area contributed by atoms with Crippen LogP contribution in [-0.2, 0) is 29.3 Å². The molecule has 4 aromatic carbocycles. The first-order valence-electron chi connectivity index (χ1n) is 24.7. The zero-order valence-electron chi connectivity index (χ0n) is 42.5. The number of anilines is 4. The van der Waals surface area contributed by atoms with E-state index in [0.29, 0.717) is 45.8 Å². The standard InChI is InChI=1S/2C28H37NO4S2/c2*1-5-7-15-28(16-8-6-2)20-29(23-12-10-9-11-13-23)24-18-26(34-4)25(33-17-14-22(3)30)19-27(24)35(31,32)21-28/h2*9-14,17-19H,5-8,15-16,20-21H2,1-4H3/b17-14+;17-14-. The van der Waals surface area contributed by atoms with Crippen LogP contribution >= 0.6 is 23.5 Å². The average Bonchev–Trinajstić information content (AvgIpc) is 3.50. The molecule has 10 nitrogen and oxygen atoms in total. The van der Waals surface area contributed by atoms with Gasteiger partial charge in [-0.15, -0.1) is 23.5 Å². The molecule has 0 saturated heterocycles. The molecule has 0 aliphatic carbocycles. The number of rotatable bonds is 22. The number of fused-ring (bicyclic) bond motifs is 2. The van der Waals surface area contributed by atoms with Crippen molar-refractivity contribution in [1.82, 2.24) is 0 Å². The van der Waals surface area contributed by atoms with Gasteiger partial charge in [-0.05, 0) is 88.4 Å². The maximum absolute atomic E-state index is 14.0. The summed E-state index contributed by atoms with van der Waals surface area (Å²) in [6, 6.07) is 27.3. The van der Waals surface area contributed by atoms with Gasteiger partial charge in [0, 0.05) is 59.6 Å². The van der Waals surface area contributed by atoms with Gasteiger partial charge in [-0.25, -0.2) is 16.8 Å². The minimum Gasteiger partial charge on any atom is -0.464 e. The van der Waals surface area contributed by atoms with Gasteiger partial charge < -0.3 is 19.3 Å². The van der Waals surface area contributed by atoms with Crippen molar-refractivity contribution in [1.29, 1.82) is 0 Å². The Morgan fingerprint density at radius 3 is 1.17 bits per heavy atom. The summed E-state index contributed by atoms with van der Waals surface area (Å²) in [5.41, 5.74) is 2.68. The highest BCUT2D eigenvalue weighted by Crippen LogP contribution is 2.50. The Morgan fingerprint density at radius 2 is 0.886 bits per heavy atom. The molecule has 380 valence electrons. The van der Waals surface area contributed by atoms with Crippen LogP contribution in [0.3, 0.4) is 0 Å². The predicted octanol–water partition coefficient (Wildman–Crippen LogP) is 14.4. The number of para-hydroxylation sites is 2. The molecule has 2 aliphatic rings. The largest absolute Gasteiger partial charge is 0.464 e. The van der Waals surface area contributed by atoms with E-state index in [-0.39, 0.29) is 33.9 Å². The van der Waals surface area contributed by atoms with Crippen LogP contribution in [0, 0.1) is 10.8 Å². The maximum Gasteiger partial charge on any atom is 0.181 e. The molecule has 0 radical (unpaired) electrons. The van der Waals surface area contributed by atoms with E-state index >= 15 is 0 Å². The molecule has 0 spiro atoms. The Balaban J connectivity index is 0.000000261. The fourth-order valence-corrected chi connectivity index (χ4v) is 14.8. The molecule has 0 saturated carbocycles. The van der Waals surface area contributed by atoms with Crippen LogP contribution in [0.4, 0.5) is 22.7 Å². The van der Waals surface area contributed by atoms with Gasteiger partial charge in [0.15, 0.2) is 31.2 Å².